The first kappa shape index (κ1) is 11.4. The highest BCUT2D eigenvalue weighted by Gasteiger charge is 2.42. The van der Waals surface area contributed by atoms with Gasteiger partial charge in [-0.2, -0.15) is 0 Å². The quantitative estimate of drug-likeness (QED) is 0.769. The zero-order valence-electron chi connectivity index (χ0n) is 10.4. The second-order valence-electron chi connectivity index (χ2n) is 5.44. The van der Waals surface area contributed by atoms with E-state index in [1.165, 1.54) is 58.2 Å². The molecule has 0 aromatic rings. The van der Waals surface area contributed by atoms with Gasteiger partial charge in [-0.3, -0.25) is 4.90 Å². The van der Waals surface area contributed by atoms with Gasteiger partial charge in [0.05, 0.1) is 0 Å². The Labute approximate surface area is 94.4 Å². The second-order valence-corrected chi connectivity index (χ2v) is 5.44. The summed E-state index contributed by atoms with van der Waals surface area (Å²) >= 11 is 0. The van der Waals surface area contributed by atoms with E-state index in [2.05, 4.69) is 24.1 Å². The Bertz CT molecular complexity index is 197. The largest absolute Gasteiger partial charge is 0.314 e. The van der Waals surface area contributed by atoms with Crippen molar-refractivity contribution in [3.63, 3.8) is 0 Å². The molecule has 1 saturated carbocycles. The molecule has 1 aliphatic carbocycles. The molecule has 0 bridgehead atoms. The molecule has 2 heteroatoms. The first-order valence-corrected chi connectivity index (χ1v) is 6.76. The molecule has 1 saturated heterocycles. The Morgan fingerprint density at radius 2 is 2.07 bits per heavy atom. The van der Waals surface area contributed by atoms with Crippen LogP contribution in [0.5, 0.6) is 0 Å². The molecule has 0 aromatic carbocycles. The molecule has 0 aromatic heterocycles. The number of hydrogen-bond donors (Lipinski definition) is 1. The lowest BCUT2D eigenvalue weighted by Gasteiger charge is -2.48. The van der Waals surface area contributed by atoms with Gasteiger partial charge in [0, 0.05) is 31.2 Å². The molecule has 15 heavy (non-hydrogen) atoms. The van der Waals surface area contributed by atoms with Crippen molar-refractivity contribution < 1.29 is 0 Å². The third-order valence-corrected chi connectivity index (χ3v) is 4.37. The van der Waals surface area contributed by atoms with Crippen LogP contribution >= 0.6 is 0 Å². The molecular weight excluding hydrogens is 184 g/mol. The lowest BCUT2D eigenvalue weighted by Crippen LogP contribution is -2.62. The lowest BCUT2D eigenvalue weighted by atomic mass is 9.90. The fourth-order valence-corrected chi connectivity index (χ4v) is 3.62. The summed E-state index contributed by atoms with van der Waals surface area (Å²) < 4.78 is 0. The van der Waals surface area contributed by atoms with Crippen molar-refractivity contribution in [1.29, 1.82) is 0 Å². The van der Waals surface area contributed by atoms with Crippen molar-refractivity contribution in [2.45, 2.75) is 64.0 Å². The predicted molar refractivity (Wildman–Crippen MR) is 65.1 cm³/mol. The first-order valence-electron chi connectivity index (χ1n) is 6.76. The fraction of sp³-hybridized carbons (Fsp3) is 1.00. The van der Waals surface area contributed by atoms with Gasteiger partial charge in [0.1, 0.15) is 0 Å². The van der Waals surface area contributed by atoms with Gasteiger partial charge in [0.25, 0.3) is 0 Å². The normalized spacial score (nSPS) is 28.4. The van der Waals surface area contributed by atoms with E-state index in [1.54, 1.807) is 0 Å². The second kappa shape index (κ2) is 4.84. The van der Waals surface area contributed by atoms with E-state index in [1.807, 2.05) is 0 Å². The predicted octanol–water partition coefficient (Wildman–Crippen LogP) is 2.39. The molecule has 1 aliphatic heterocycles. The van der Waals surface area contributed by atoms with Crippen LogP contribution in [-0.4, -0.2) is 36.1 Å². The number of nitrogens with zero attached hydrogens (tertiary/aromatic N) is 1. The topological polar surface area (TPSA) is 15.3 Å². The summed E-state index contributed by atoms with van der Waals surface area (Å²) in [6.45, 7) is 8.42. The highest BCUT2D eigenvalue weighted by molar-refractivity contribution is 5.00. The van der Waals surface area contributed by atoms with E-state index in [-0.39, 0.29) is 0 Å². The van der Waals surface area contributed by atoms with Gasteiger partial charge in [0.2, 0.25) is 0 Å². The molecule has 2 aliphatic rings. The molecule has 1 heterocycles. The Kier molecular flexibility index (Phi) is 3.68. The first-order chi connectivity index (χ1) is 7.28. The minimum Gasteiger partial charge on any atom is -0.314 e. The van der Waals surface area contributed by atoms with Crippen molar-refractivity contribution >= 4 is 0 Å². The summed E-state index contributed by atoms with van der Waals surface area (Å²) in [6.07, 6.45) is 8.42. The van der Waals surface area contributed by atoms with Crippen LogP contribution in [-0.2, 0) is 0 Å². The average Bonchev–Trinajstić information content (AvgIpc) is 2.68. The van der Waals surface area contributed by atoms with Crippen LogP contribution in [0.2, 0.25) is 0 Å². The Morgan fingerprint density at radius 3 is 2.73 bits per heavy atom. The van der Waals surface area contributed by atoms with Crippen LogP contribution in [0.25, 0.3) is 0 Å². The van der Waals surface area contributed by atoms with Gasteiger partial charge in [-0.15, -0.1) is 0 Å². The molecule has 0 amide bonds. The highest BCUT2D eigenvalue weighted by Crippen LogP contribution is 2.37. The summed E-state index contributed by atoms with van der Waals surface area (Å²) in [4.78, 5) is 2.82. The SMILES string of the molecule is CCCC(C)N1CCNCC12CCCC2. The summed E-state index contributed by atoms with van der Waals surface area (Å²) in [5.74, 6) is 0. The molecular formula is C13H26N2. The highest BCUT2D eigenvalue weighted by atomic mass is 15.3. The monoisotopic (exact) mass is 210 g/mol. The van der Waals surface area contributed by atoms with Gasteiger partial charge in [-0.05, 0) is 26.2 Å². The third-order valence-electron chi connectivity index (χ3n) is 4.37. The number of piperazine rings is 1. The fourth-order valence-electron chi connectivity index (χ4n) is 3.62. The van der Waals surface area contributed by atoms with Gasteiger partial charge in [0.15, 0.2) is 0 Å². The Balaban J connectivity index is 2.05. The summed E-state index contributed by atoms with van der Waals surface area (Å²) in [5.41, 5.74) is 0.535. The maximum Gasteiger partial charge on any atom is 0.0337 e. The zero-order valence-corrected chi connectivity index (χ0v) is 10.4. The molecule has 0 radical (unpaired) electrons. The van der Waals surface area contributed by atoms with Crippen LogP contribution in [0.1, 0.15) is 52.4 Å². The summed E-state index contributed by atoms with van der Waals surface area (Å²) in [7, 11) is 0. The van der Waals surface area contributed by atoms with Crippen molar-refractivity contribution in [3.8, 4) is 0 Å². The number of rotatable bonds is 3. The van der Waals surface area contributed by atoms with Crippen molar-refractivity contribution in [2.75, 3.05) is 19.6 Å². The molecule has 2 nitrogen and oxygen atoms in total. The van der Waals surface area contributed by atoms with E-state index in [0.29, 0.717) is 5.54 Å². The van der Waals surface area contributed by atoms with Gasteiger partial charge in [-0.25, -0.2) is 0 Å². The maximum atomic E-state index is 3.60. The van der Waals surface area contributed by atoms with Crippen LogP contribution in [0.4, 0.5) is 0 Å². The molecule has 1 spiro atoms. The third kappa shape index (κ3) is 2.21. The van der Waals surface area contributed by atoms with Crippen molar-refractivity contribution in [2.24, 2.45) is 0 Å². The van der Waals surface area contributed by atoms with E-state index in [9.17, 15) is 0 Å². The molecule has 88 valence electrons. The van der Waals surface area contributed by atoms with E-state index in [0.717, 1.165) is 6.04 Å². The maximum absolute atomic E-state index is 3.60. The molecule has 1 atom stereocenters. The molecule has 2 rings (SSSR count). The minimum atomic E-state index is 0.535. The standard InChI is InChI=1S/C13H26N2/c1-3-6-12(2)15-10-9-14-11-13(15)7-4-5-8-13/h12,14H,3-11H2,1-2H3. The van der Waals surface area contributed by atoms with Crippen molar-refractivity contribution in [3.05, 3.63) is 0 Å². The smallest absolute Gasteiger partial charge is 0.0337 e. The van der Waals surface area contributed by atoms with Crippen molar-refractivity contribution in [1.82, 2.24) is 10.2 Å². The Morgan fingerprint density at radius 1 is 1.33 bits per heavy atom. The van der Waals surface area contributed by atoms with Crippen LogP contribution < -0.4 is 5.32 Å². The summed E-state index contributed by atoms with van der Waals surface area (Å²) in [5, 5.41) is 3.60. The van der Waals surface area contributed by atoms with E-state index < -0.39 is 0 Å². The average molecular weight is 210 g/mol. The Hall–Kier alpha value is -0.0800. The molecule has 2 fully saturated rings. The molecule has 1 N–H and O–H groups in total. The number of hydrogen-bond acceptors (Lipinski definition) is 2. The van der Waals surface area contributed by atoms with Crippen LogP contribution in [0.15, 0.2) is 0 Å². The van der Waals surface area contributed by atoms with Gasteiger partial charge in [-0.1, -0.05) is 26.2 Å². The minimum absolute atomic E-state index is 0.535. The van der Waals surface area contributed by atoms with E-state index >= 15 is 0 Å². The number of nitrogens with one attached hydrogen (secondary N) is 1. The van der Waals surface area contributed by atoms with Crippen LogP contribution in [0.3, 0.4) is 0 Å². The van der Waals surface area contributed by atoms with Gasteiger partial charge < -0.3 is 5.32 Å². The van der Waals surface area contributed by atoms with E-state index in [4.69, 9.17) is 0 Å². The van der Waals surface area contributed by atoms with Gasteiger partial charge >= 0.3 is 0 Å². The zero-order chi connectivity index (χ0) is 10.7. The van der Waals surface area contributed by atoms with Crippen LogP contribution in [0, 0.1) is 0 Å². The molecule has 1 unspecified atom stereocenters. The summed E-state index contributed by atoms with van der Waals surface area (Å²) in [6, 6.07) is 0.787. The lowest BCUT2D eigenvalue weighted by molar-refractivity contribution is 0.0264.